The molecule has 0 saturated carbocycles. The normalized spacial score (nSPS) is 9.12. The van der Waals surface area contributed by atoms with Crippen LogP contribution in [-0.2, 0) is 14.3 Å². The van der Waals surface area contributed by atoms with E-state index in [1.807, 2.05) is 6.92 Å². The first-order valence-corrected chi connectivity index (χ1v) is 5.31. The predicted octanol–water partition coefficient (Wildman–Crippen LogP) is 2.59. The van der Waals surface area contributed by atoms with Crippen molar-refractivity contribution in [3.05, 3.63) is 36.5 Å². The van der Waals surface area contributed by atoms with Crippen molar-refractivity contribution in [2.24, 2.45) is 0 Å². The molecule has 0 unspecified atom stereocenters. The molecule has 0 heterocycles. The van der Waals surface area contributed by atoms with Crippen molar-refractivity contribution in [1.29, 1.82) is 0 Å². The standard InChI is InChI=1S/C13H18O3/c1-5-9-16-13(15)12(11(14)8-4)10(6-2)7-3/h6-7H,2-3,5,8-9H2,1,4H3. The number of ketones is 1. The number of Topliss-reactive ketones (excluding diaryl/α,β-unsaturated/α-hetero) is 1. The monoisotopic (exact) mass is 222 g/mol. The first-order chi connectivity index (χ1) is 7.62. The number of rotatable bonds is 7. The molecule has 0 fully saturated rings. The molecule has 0 aromatic heterocycles. The van der Waals surface area contributed by atoms with Gasteiger partial charge in [-0.25, -0.2) is 4.79 Å². The number of hydrogen-bond donors (Lipinski definition) is 0. The fourth-order valence-electron chi connectivity index (χ4n) is 1.12. The minimum atomic E-state index is -0.594. The number of allylic oxidation sites excluding steroid dienone is 3. The lowest BCUT2D eigenvalue weighted by Gasteiger charge is -2.08. The average Bonchev–Trinajstić information content (AvgIpc) is 2.31. The highest BCUT2D eigenvalue weighted by atomic mass is 16.5. The number of carbonyl (C=O) groups excluding carboxylic acids is 2. The van der Waals surface area contributed by atoms with Gasteiger partial charge in [-0.1, -0.05) is 39.2 Å². The summed E-state index contributed by atoms with van der Waals surface area (Å²) < 4.78 is 4.95. The van der Waals surface area contributed by atoms with E-state index in [-0.39, 0.29) is 17.8 Å². The molecule has 0 rings (SSSR count). The minimum absolute atomic E-state index is 0.0425. The van der Waals surface area contributed by atoms with Gasteiger partial charge in [-0.2, -0.15) is 0 Å². The lowest BCUT2D eigenvalue weighted by Crippen LogP contribution is -2.17. The van der Waals surface area contributed by atoms with Gasteiger partial charge in [0.25, 0.3) is 0 Å². The Morgan fingerprint density at radius 2 is 1.75 bits per heavy atom. The van der Waals surface area contributed by atoms with E-state index in [1.54, 1.807) is 6.92 Å². The van der Waals surface area contributed by atoms with Crippen LogP contribution in [0.5, 0.6) is 0 Å². The molecule has 16 heavy (non-hydrogen) atoms. The van der Waals surface area contributed by atoms with Crippen molar-refractivity contribution in [1.82, 2.24) is 0 Å². The Labute approximate surface area is 96.5 Å². The number of carbonyl (C=O) groups is 2. The minimum Gasteiger partial charge on any atom is -0.462 e. The third-order valence-corrected chi connectivity index (χ3v) is 1.97. The zero-order valence-electron chi connectivity index (χ0n) is 9.91. The van der Waals surface area contributed by atoms with Crippen molar-refractivity contribution in [2.45, 2.75) is 26.7 Å². The Kier molecular flexibility index (Phi) is 6.84. The van der Waals surface area contributed by atoms with Crippen molar-refractivity contribution < 1.29 is 14.3 Å². The van der Waals surface area contributed by atoms with Gasteiger partial charge in [0.05, 0.1) is 6.61 Å². The third kappa shape index (κ3) is 3.85. The summed E-state index contributed by atoms with van der Waals surface area (Å²) >= 11 is 0. The number of hydrogen-bond acceptors (Lipinski definition) is 3. The van der Waals surface area contributed by atoms with Crippen LogP contribution in [0.1, 0.15) is 26.7 Å². The molecule has 88 valence electrons. The van der Waals surface area contributed by atoms with Gasteiger partial charge in [0.2, 0.25) is 0 Å². The van der Waals surface area contributed by atoms with Crippen LogP contribution in [0.3, 0.4) is 0 Å². The average molecular weight is 222 g/mol. The summed E-state index contributed by atoms with van der Waals surface area (Å²) in [5.41, 5.74) is 0.467. The molecule has 0 aliphatic carbocycles. The van der Waals surface area contributed by atoms with E-state index in [0.29, 0.717) is 12.2 Å². The molecule has 0 aliphatic heterocycles. The fraction of sp³-hybridized carbons (Fsp3) is 0.385. The highest BCUT2D eigenvalue weighted by Gasteiger charge is 2.20. The fourth-order valence-corrected chi connectivity index (χ4v) is 1.12. The second-order valence-corrected chi connectivity index (χ2v) is 3.15. The molecule has 0 spiro atoms. The van der Waals surface area contributed by atoms with Gasteiger partial charge in [0.1, 0.15) is 5.57 Å². The van der Waals surface area contributed by atoms with Gasteiger partial charge in [0, 0.05) is 6.42 Å². The maximum absolute atomic E-state index is 11.7. The molecule has 0 aromatic rings. The van der Waals surface area contributed by atoms with Crippen LogP contribution < -0.4 is 0 Å². The molecule has 0 saturated heterocycles. The van der Waals surface area contributed by atoms with Crippen molar-refractivity contribution in [3.63, 3.8) is 0 Å². The van der Waals surface area contributed by atoms with Crippen LogP contribution >= 0.6 is 0 Å². The third-order valence-electron chi connectivity index (χ3n) is 1.97. The van der Waals surface area contributed by atoms with Gasteiger partial charge < -0.3 is 4.74 Å². The van der Waals surface area contributed by atoms with Gasteiger partial charge >= 0.3 is 5.97 Å². The Balaban J connectivity index is 5.16. The van der Waals surface area contributed by atoms with Gasteiger partial charge in [-0.15, -0.1) is 0 Å². The van der Waals surface area contributed by atoms with Crippen LogP contribution in [0.4, 0.5) is 0 Å². The Morgan fingerprint density at radius 3 is 2.12 bits per heavy atom. The molecule has 0 atom stereocenters. The zero-order chi connectivity index (χ0) is 12.6. The molecule has 0 bridgehead atoms. The van der Waals surface area contributed by atoms with E-state index < -0.39 is 5.97 Å². The number of esters is 1. The van der Waals surface area contributed by atoms with Crippen molar-refractivity contribution in [3.8, 4) is 0 Å². The lowest BCUT2D eigenvalue weighted by molar-refractivity contribution is -0.140. The largest absolute Gasteiger partial charge is 0.462 e. The molecule has 0 amide bonds. The summed E-state index contributed by atoms with van der Waals surface area (Å²) in [7, 11) is 0. The smallest absolute Gasteiger partial charge is 0.342 e. The second-order valence-electron chi connectivity index (χ2n) is 3.15. The summed E-state index contributed by atoms with van der Waals surface area (Å²) in [6.07, 6.45) is 3.84. The van der Waals surface area contributed by atoms with Crippen molar-refractivity contribution in [2.75, 3.05) is 6.61 Å². The summed E-state index contributed by atoms with van der Waals surface area (Å²) in [6, 6.07) is 0. The SMILES string of the molecule is C=CC(C=C)=C(C(=O)CC)C(=O)OCCC. The van der Waals surface area contributed by atoms with E-state index in [1.165, 1.54) is 12.2 Å². The summed E-state index contributed by atoms with van der Waals surface area (Å²) in [4.78, 5) is 23.3. The van der Waals surface area contributed by atoms with Crippen molar-refractivity contribution >= 4 is 11.8 Å². The summed E-state index contributed by atoms with van der Waals surface area (Å²) in [5.74, 6) is -0.848. The first-order valence-electron chi connectivity index (χ1n) is 5.31. The molecule has 0 aromatic carbocycles. The van der Waals surface area contributed by atoms with E-state index in [4.69, 9.17) is 4.74 Å². The quantitative estimate of drug-likeness (QED) is 0.219. The van der Waals surface area contributed by atoms with Gasteiger partial charge in [-0.05, 0) is 12.0 Å². The molecular formula is C13H18O3. The van der Waals surface area contributed by atoms with Gasteiger partial charge in [0.15, 0.2) is 5.78 Å². The number of ether oxygens (including phenoxy) is 1. The molecular weight excluding hydrogens is 204 g/mol. The molecule has 0 aliphatic rings. The van der Waals surface area contributed by atoms with Crippen LogP contribution in [0, 0.1) is 0 Å². The molecule has 0 N–H and O–H groups in total. The van der Waals surface area contributed by atoms with Crippen LogP contribution in [-0.4, -0.2) is 18.4 Å². The van der Waals surface area contributed by atoms with Crippen LogP contribution in [0.15, 0.2) is 36.5 Å². The second kappa shape index (κ2) is 7.63. The Hall–Kier alpha value is -1.64. The lowest BCUT2D eigenvalue weighted by atomic mass is 10.0. The highest BCUT2D eigenvalue weighted by molar-refractivity contribution is 6.18. The Morgan fingerprint density at radius 1 is 1.19 bits per heavy atom. The maximum atomic E-state index is 11.7. The van der Waals surface area contributed by atoms with Crippen LogP contribution in [0.2, 0.25) is 0 Å². The molecule has 3 heteroatoms. The molecule has 3 nitrogen and oxygen atoms in total. The maximum Gasteiger partial charge on any atom is 0.342 e. The van der Waals surface area contributed by atoms with E-state index >= 15 is 0 Å². The topological polar surface area (TPSA) is 43.4 Å². The summed E-state index contributed by atoms with van der Waals surface area (Å²) in [5, 5.41) is 0. The van der Waals surface area contributed by atoms with Crippen LogP contribution in [0.25, 0.3) is 0 Å². The van der Waals surface area contributed by atoms with Gasteiger partial charge in [-0.3, -0.25) is 4.79 Å². The Bertz CT molecular complexity index is 314. The predicted molar refractivity (Wildman–Crippen MR) is 64.0 cm³/mol. The first kappa shape index (κ1) is 14.4. The van der Waals surface area contributed by atoms with E-state index in [2.05, 4.69) is 13.2 Å². The highest BCUT2D eigenvalue weighted by Crippen LogP contribution is 2.12. The summed E-state index contributed by atoms with van der Waals surface area (Å²) in [6.45, 7) is 11.0. The zero-order valence-corrected chi connectivity index (χ0v) is 9.91. The molecule has 0 radical (unpaired) electrons. The van der Waals surface area contributed by atoms with E-state index in [9.17, 15) is 9.59 Å². The van der Waals surface area contributed by atoms with E-state index in [0.717, 1.165) is 6.42 Å².